The van der Waals surface area contributed by atoms with E-state index in [4.69, 9.17) is 5.11 Å². The Labute approximate surface area is 124 Å². The van der Waals surface area contributed by atoms with Crippen molar-refractivity contribution in [2.75, 3.05) is 12.0 Å². The molecule has 1 aromatic rings. The van der Waals surface area contributed by atoms with E-state index in [0.29, 0.717) is 12.2 Å². The number of carbonyl (C=O) groups excluding carboxylic acids is 1. The predicted molar refractivity (Wildman–Crippen MR) is 75.0 cm³/mol. The molecule has 1 aromatic carbocycles. The molecule has 2 N–H and O–H groups in total. The highest BCUT2D eigenvalue weighted by Crippen LogP contribution is 2.15. The van der Waals surface area contributed by atoms with Gasteiger partial charge in [-0.2, -0.15) is 20.5 Å². The van der Waals surface area contributed by atoms with E-state index in [9.17, 15) is 18.4 Å². The van der Waals surface area contributed by atoms with Crippen molar-refractivity contribution in [1.82, 2.24) is 5.32 Å². The Hall–Kier alpha value is -1.83. The summed E-state index contributed by atoms with van der Waals surface area (Å²) in [6.07, 6.45) is 2.14. The van der Waals surface area contributed by atoms with Gasteiger partial charge in [-0.05, 0) is 42.7 Å². The molecule has 0 aliphatic carbocycles. The third kappa shape index (κ3) is 5.99. The molecule has 0 bridgehead atoms. The lowest BCUT2D eigenvalue weighted by Crippen LogP contribution is -2.41. The molecule has 0 aliphatic rings. The minimum atomic E-state index is -2.94. The van der Waals surface area contributed by atoms with Gasteiger partial charge < -0.3 is 15.2 Å². The van der Waals surface area contributed by atoms with Crippen LogP contribution in [0, 0.1) is 0 Å². The van der Waals surface area contributed by atoms with E-state index in [1.807, 2.05) is 6.26 Å². The maximum atomic E-state index is 12.0. The Balaban J connectivity index is 2.67. The van der Waals surface area contributed by atoms with E-state index in [1.165, 1.54) is 36.0 Å². The van der Waals surface area contributed by atoms with Gasteiger partial charge in [0.05, 0.1) is 0 Å². The summed E-state index contributed by atoms with van der Waals surface area (Å²) in [4.78, 5) is 22.9. The van der Waals surface area contributed by atoms with Crippen molar-refractivity contribution in [3.05, 3.63) is 29.8 Å². The molecular weight excluding hydrogens is 304 g/mol. The summed E-state index contributed by atoms with van der Waals surface area (Å²) in [5, 5.41) is 11.4. The summed E-state index contributed by atoms with van der Waals surface area (Å²) in [6.45, 7) is -2.94. The van der Waals surface area contributed by atoms with Gasteiger partial charge >= 0.3 is 12.6 Å². The second-order valence-corrected chi connectivity index (χ2v) is 5.03. The van der Waals surface area contributed by atoms with Gasteiger partial charge in [-0.1, -0.05) is 0 Å². The van der Waals surface area contributed by atoms with E-state index in [1.54, 1.807) is 0 Å². The van der Waals surface area contributed by atoms with Gasteiger partial charge in [0.25, 0.3) is 5.91 Å². The number of aliphatic carboxylic acids is 1. The van der Waals surface area contributed by atoms with Crippen LogP contribution in [0.15, 0.2) is 24.3 Å². The lowest BCUT2D eigenvalue weighted by Gasteiger charge is -2.14. The number of alkyl halides is 2. The van der Waals surface area contributed by atoms with E-state index in [0.717, 1.165) is 0 Å². The van der Waals surface area contributed by atoms with E-state index in [-0.39, 0.29) is 11.3 Å². The van der Waals surface area contributed by atoms with Gasteiger partial charge in [-0.3, -0.25) is 4.79 Å². The SMILES string of the molecule is CSCCC(NC(=O)c1ccc(OC(F)F)cc1)C(=O)O. The summed E-state index contributed by atoms with van der Waals surface area (Å²) in [6, 6.07) is 4.04. The van der Waals surface area contributed by atoms with Gasteiger partial charge in [0.1, 0.15) is 11.8 Å². The van der Waals surface area contributed by atoms with E-state index < -0.39 is 24.5 Å². The lowest BCUT2D eigenvalue weighted by atomic mass is 10.1. The first-order valence-corrected chi connectivity index (χ1v) is 7.41. The van der Waals surface area contributed by atoms with Crippen LogP contribution in [-0.2, 0) is 4.79 Å². The molecule has 1 amide bonds. The first-order chi connectivity index (χ1) is 9.93. The number of carbonyl (C=O) groups is 2. The summed E-state index contributed by atoms with van der Waals surface area (Å²) in [5.41, 5.74) is 0.173. The van der Waals surface area contributed by atoms with Gasteiger partial charge in [-0.25, -0.2) is 4.79 Å². The van der Waals surface area contributed by atoms with E-state index >= 15 is 0 Å². The number of carboxylic acid groups (broad SMARTS) is 1. The number of ether oxygens (including phenoxy) is 1. The first-order valence-electron chi connectivity index (χ1n) is 6.01. The number of amides is 1. The average Bonchev–Trinajstić information content (AvgIpc) is 2.43. The monoisotopic (exact) mass is 319 g/mol. The molecule has 0 aliphatic heterocycles. The molecule has 0 spiro atoms. The number of hydrogen-bond donors (Lipinski definition) is 2. The molecule has 0 radical (unpaired) electrons. The van der Waals surface area contributed by atoms with Crippen LogP contribution in [0.5, 0.6) is 5.75 Å². The number of rotatable bonds is 8. The van der Waals surface area contributed by atoms with E-state index in [2.05, 4.69) is 10.1 Å². The zero-order valence-corrected chi connectivity index (χ0v) is 12.0. The maximum absolute atomic E-state index is 12.0. The van der Waals surface area contributed by atoms with Crippen molar-refractivity contribution in [3.8, 4) is 5.75 Å². The molecule has 8 heteroatoms. The minimum Gasteiger partial charge on any atom is -0.480 e. The molecule has 1 unspecified atom stereocenters. The number of nitrogens with one attached hydrogen (secondary N) is 1. The molecule has 0 saturated carbocycles. The van der Waals surface area contributed by atoms with Crippen LogP contribution in [0.4, 0.5) is 8.78 Å². The van der Waals surface area contributed by atoms with Crippen LogP contribution in [-0.4, -0.2) is 41.6 Å². The second kappa shape index (κ2) is 8.46. The van der Waals surface area contributed by atoms with Crippen molar-refractivity contribution in [2.24, 2.45) is 0 Å². The van der Waals surface area contributed by atoms with Crippen LogP contribution >= 0.6 is 11.8 Å². The quantitative estimate of drug-likeness (QED) is 0.768. The highest BCUT2D eigenvalue weighted by atomic mass is 32.2. The van der Waals surface area contributed by atoms with Crippen LogP contribution < -0.4 is 10.1 Å². The third-order valence-corrected chi connectivity index (χ3v) is 3.20. The normalized spacial score (nSPS) is 12.0. The molecule has 5 nitrogen and oxygen atoms in total. The van der Waals surface area contributed by atoms with Crippen molar-refractivity contribution < 1.29 is 28.2 Å². The fraction of sp³-hybridized carbons (Fsp3) is 0.385. The van der Waals surface area contributed by atoms with Crippen LogP contribution in [0.3, 0.4) is 0 Å². The summed E-state index contributed by atoms with van der Waals surface area (Å²) in [5.74, 6) is -1.17. The number of halogens is 2. The molecule has 116 valence electrons. The summed E-state index contributed by atoms with van der Waals surface area (Å²) in [7, 11) is 0. The fourth-order valence-electron chi connectivity index (χ4n) is 1.52. The molecule has 0 aromatic heterocycles. The topological polar surface area (TPSA) is 75.6 Å². The third-order valence-electron chi connectivity index (χ3n) is 2.56. The largest absolute Gasteiger partial charge is 0.480 e. The second-order valence-electron chi connectivity index (χ2n) is 4.05. The van der Waals surface area contributed by atoms with Gasteiger partial charge in [0.15, 0.2) is 0 Å². The Morgan fingerprint density at radius 3 is 2.43 bits per heavy atom. The number of carboxylic acids is 1. The molecule has 1 rings (SSSR count). The lowest BCUT2D eigenvalue weighted by molar-refractivity contribution is -0.139. The average molecular weight is 319 g/mol. The Morgan fingerprint density at radius 1 is 1.33 bits per heavy atom. The van der Waals surface area contributed by atoms with Crippen LogP contribution in [0.25, 0.3) is 0 Å². The molecule has 1 atom stereocenters. The number of benzene rings is 1. The Bertz CT molecular complexity index is 482. The molecular formula is C13H15F2NO4S. The highest BCUT2D eigenvalue weighted by Gasteiger charge is 2.20. The fourth-order valence-corrected chi connectivity index (χ4v) is 1.99. The number of hydrogen-bond acceptors (Lipinski definition) is 4. The minimum absolute atomic E-state index is 0.0706. The molecule has 0 saturated heterocycles. The van der Waals surface area contributed by atoms with Crippen molar-refractivity contribution in [2.45, 2.75) is 19.1 Å². The predicted octanol–water partition coefficient (Wildman–Crippen LogP) is 2.22. The van der Waals surface area contributed by atoms with Gasteiger partial charge in [0, 0.05) is 5.56 Å². The van der Waals surface area contributed by atoms with Crippen LogP contribution in [0.2, 0.25) is 0 Å². The Kier molecular flexibility index (Phi) is 6.93. The molecule has 0 heterocycles. The zero-order valence-electron chi connectivity index (χ0n) is 11.2. The summed E-state index contributed by atoms with van der Waals surface area (Å²) < 4.78 is 28.1. The summed E-state index contributed by atoms with van der Waals surface area (Å²) >= 11 is 1.48. The van der Waals surface area contributed by atoms with Gasteiger partial charge in [-0.15, -0.1) is 0 Å². The smallest absolute Gasteiger partial charge is 0.387 e. The Morgan fingerprint density at radius 2 is 1.95 bits per heavy atom. The molecule has 21 heavy (non-hydrogen) atoms. The van der Waals surface area contributed by atoms with Crippen molar-refractivity contribution >= 4 is 23.6 Å². The number of thioether (sulfide) groups is 1. The highest BCUT2D eigenvalue weighted by molar-refractivity contribution is 7.98. The standard InChI is InChI=1S/C13H15F2NO4S/c1-21-7-6-10(12(18)19)16-11(17)8-2-4-9(5-3-8)20-13(14)15/h2-5,10,13H,6-7H2,1H3,(H,16,17)(H,18,19). The maximum Gasteiger partial charge on any atom is 0.387 e. The van der Waals surface area contributed by atoms with Crippen LogP contribution in [0.1, 0.15) is 16.8 Å². The van der Waals surface area contributed by atoms with Gasteiger partial charge in [0.2, 0.25) is 0 Å². The molecule has 0 fully saturated rings. The van der Waals surface area contributed by atoms with Crippen molar-refractivity contribution in [3.63, 3.8) is 0 Å². The first kappa shape index (κ1) is 17.2. The van der Waals surface area contributed by atoms with Crippen molar-refractivity contribution in [1.29, 1.82) is 0 Å². The zero-order chi connectivity index (χ0) is 15.8.